The van der Waals surface area contributed by atoms with Gasteiger partial charge in [0.05, 0.1) is 45.3 Å². The molecule has 1 N–H and O–H groups in total. The molecule has 10 heteroatoms. The quantitative estimate of drug-likeness (QED) is 0.511. The largest absolute Gasteiger partial charge is 0.456 e. The predicted molar refractivity (Wildman–Crippen MR) is 119 cm³/mol. The lowest BCUT2D eigenvalue weighted by atomic mass is 10.1. The topological polar surface area (TPSA) is 120 Å². The third-order valence-electron chi connectivity index (χ3n) is 4.39. The van der Waals surface area contributed by atoms with Crippen molar-refractivity contribution in [3.63, 3.8) is 0 Å². The molecule has 166 valence electrons. The summed E-state index contributed by atoms with van der Waals surface area (Å²) in [6, 6.07) is 15.9. The Labute approximate surface area is 194 Å². The maximum absolute atomic E-state index is 14.0. The lowest BCUT2D eigenvalue weighted by Crippen LogP contribution is -2.16. The molecule has 1 amide bonds. The Bertz CT molecular complexity index is 1410. The Morgan fingerprint density at radius 2 is 1.73 bits per heavy atom. The van der Waals surface area contributed by atoms with Gasteiger partial charge in [0.15, 0.2) is 9.84 Å². The van der Waals surface area contributed by atoms with Crippen molar-refractivity contribution in [2.24, 2.45) is 0 Å². The first-order valence-corrected chi connectivity index (χ1v) is 11.6. The van der Waals surface area contributed by atoms with Crippen LogP contribution in [0.4, 0.5) is 10.1 Å². The van der Waals surface area contributed by atoms with Gasteiger partial charge < -0.3 is 10.1 Å². The number of carbonyl (C=O) groups is 1. The van der Waals surface area contributed by atoms with Gasteiger partial charge in [-0.1, -0.05) is 17.7 Å². The van der Waals surface area contributed by atoms with E-state index in [0.29, 0.717) is 5.56 Å². The highest BCUT2D eigenvalue weighted by molar-refractivity contribution is 7.90. The molecule has 0 bridgehead atoms. The van der Waals surface area contributed by atoms with E-state index in [4.69, 9.17) is 26.9 Å². The number of nitrogens with zero attached hydrogens (tertiary/aromatic N) is 2. The Hall–Kier alpha value is -3.92. The van der Waals surface area contributed by atoms with Crippen molar-refractivity contribution in [1.82, 2.24) is 0 Å². The molecule has 0 radical (unpaired) electrons. The second kappa shape index (κ2) is 9.70. The molecule has 0 fully saturated rings. The number of hydrogen-bond donors (Lipinski definition) is 1. The SMILES string of the molecule is CS(=O)(=O)c1ccc(F)c(NC(=O)Cc2ccc(Cl)c(Oc3cc(C#N)cc(C#N)c3)c2)c1. The molecule has 7 nitrogen and oxygen atoms in total. The van der Waals surface area contributed by atoms with Gasteiger partial charge in [-0.3, -0.25) is 4.79 Å². The molecule has 0 unspecified atom stereocenters. The third kappa shape index (κ3) is 6.07. The van der Waals surface area contributed by atoms with E-state index < -0.39 is 21.6 Å². The number of ether oxygens (including phenoxy) is 1. The lowest BCUT2D eigenvalue weighted by molar-refractivity contribution is -0.115. The first kappa shape index (κ1) is 23.7. The van der Waals surface area contributed by atoms with E-state index in [1.807, 2.05) is 12.1 Å². The van der Waals surface area contributed by atoms with E-state index in [0.717, 1.165) is 24.5 Å². The normalized spacial score (nSPS) is 10.7. The Kier molecular flexibility index (Phi) is 6.98. The van der Waals surface area contributed by atoms with Gasteiger partial charge in [0, 0.05) is 6.26 Å². The molecule has 0 aliphatic rings. The van der Waals surface area contributed by atoms with Gasteiger partial charge in [-0.2, -0.15) is 10.5 Å². The van der Waals surface area contributed by atoms with Crippen molar-refractivity contribution in [2.75, 3.05) is 11.6 Å². The Balaban J connectivity index is 1.80. The summed E-state index contributed by atoms with van der Waals surface area (Å²) < 4.78 is 43.1. The average molecular weight is 484 g/mol. The standard InChI is InChI=1S/C23H15ClFN3O4S/c1-33(30,31)18-3-5-20(25)21(11-18)28-23(29)10-14-2-4-19(24)22(9-14)32-17-7-15(12-26)6-16(8-17)13-27/h2-9,11H,10H2,1H3,(H,28,29). The maximum atomic E-state index is 14.0. The molecule has 0 aromatic heterocycles. The summed E-state index contributed by atoms with van der Waals surface area (Å²) in [6.45, 7) is 0. The van der Waals surface area contributed by atoms with E-state index in [1.54, 1.807) is 6.07 Å². The van der Waals surface area contributed by atoms with Crippen LogP contribution in [0.5, 0.6) is 11.5 Å². The lowest BCUT2D eigenvalue weighted by Gasteiger charge is -2.11. The van der Waals surface area contributed by atoms with Crippen LogP contribution in [0.25, 0.3) is 0 Å². The summed E-state index contributed by atoms with van der Waals surface area (Å²) in [4.78, 5) is 12.3. The van der Waals surface area contributed by atoms with Crippen molar-refractivity contribution in [3.8, 4) is 23.6 Å². The number of rotatable bonds is 6. The zero-order chi connectivity index (χ0) is 24.2. The van der Waals surface area contributed by atoms with Crippen molar-refractivity contribution in [2.45, 2.75) is 11.3 Å². The molecule has 0 saturated carbocycles. The van der Waals surface area contributed by atoms with Crippen LogP contribution in [-0.2, 0) is 21.1 Å². The Morgan fingerprint density at radius 3 is 2.33 bits per heavy atom. The minimum atomic E-state index is -3.58. The van der Waals surface area contributed by atoms with Gasteiger partial charge in [0.2, 0.25) is 5.91 Å². The maximum Gasteiger partial charge on any atom is 0.228 e. The van der Waals surface area contributed by atoms with Crippen LogP contribution in [0.15, 0.2) is 59.5 Å². The van der Waals surface area contributed by atoms with Crippen LogP contribution in [0.2, 0.25) is 5.02 Å². The molecular weight excluding hydrogens is 469 g/mol. The van der Waals surface area contributed by atoms with Gasteiger partial charge >= 0.3 is 0 Å². The molecule has 0 saturated heterocycles. The number of anilines is 1. The Morgan fingerprint density at radius 1 is 1.06 bits per heavy atom. The highest BCUT2D eigenvalue weighted by Gasteiger charge is 2.15. The van der Waals surface area contributed by atoms with Gasteiger partial charge in [-0.15, -0.1) is 0 Å². The molecule has 0 spiro atoms. The van der Waals surface area contributed by atoms with E-state index in [1.165, 1.54) is 30.3 Å². The number of nitriles is 2. The van der Waals surface area contributed by atoms with Gasteiger partial charge in [0.1, 0.15) is 17.3 Å². The van der Waals surface area contributed by atoms with Crippen LogP contribution in [0, 0.1) is 28.5 Å². The summed E-state index contributed by atoms with van der Waals surface area (Å²) in [5.41, 5.74) is 0.678. The summed E-state index contributed by atoms with van der Waals surface area (Å²) in [5.74, 6) is -0.965. The highest BCUT2D eigenvalue weighted by Crippen LogP contribution is 2.31. The van der Waals surface area contributed by atoms with Crippen LogP contribution in [-0.4, -0.2) is 20.6 Å². The number of carbonyl (C=O) groups excluding carboxylic acids is 1. The molecule has 0 heterocycles. The number of halogens is 2. The van der Waals surface area contributed by atoms with Crippen molar-refractivity contribution >= 4 is 33.0 Å². The van der Waals surface area contributed by atoms with Gasteiger partial charge in [-0.05, 0) is 54.1 Å². The fourth-order valence-electron chi connectivity index (χ4n) is 2.86. The zero-order valence-electron chi connectivity index (χ0n) is 17.1. The number of hydrogen-bond acceptors (Lipinski definition) is 6. The number of amides is 1. The van der Waals surface area contributed by atoms with Crippen molar-refractivity contribution in [1.29, 1.82) is 10.5 Å². The van der Waals surface area contributed by atoms with Crippen LogP contribution < -0.4 is 10.1 Å². The smallest absolute Gasteiger partial charge is 0.228 e. The number of benzene rings is 3. The predicted octanol–water partition coefficient (Wildman–Crippen LogP) is 4.60. The van der Waals surface area contributed by atoms with Crippen molar-refractivity contribution in [3.05, 3.63) is 82.1 Å². The molecule has 0 aliphatic heterocycles. The minimum Gasteiger partial charge on any atom is -0.456 e. The van der Waals surface area contributed by atoms with E-state index in [2.05, 4.69) is 5.32 Å². The van der Waals surface area contributed by atoms with Crippen LogP contribution in [0.1, 0.15) is 16.7 Å². The fraction of sp³-hybridized carbons (Fsp3) is 0.0870. The summed E-state index contributed by atoms with van der Waals surface area (Å²) in [5, 5.41) is 20.8. The van der Waals surface area contributed by atoms with Crippen LogP contribution in [0.3, 0.4) is 0 Å². The summed E-state index contributed by atoms with van der Waals surface area (Å²) in [6.07, 6.45) is 0.796. The molecule has 33 heavy (non-hydrogen) atoms. The molecular formula is C23H15ClFN3O4S. The fourth-order valence-corrected chi connectivity index (χ4v) is 3.66. The van der Waals surface area contributed by atoms with E-state index >= 15 is 0 Å². The van der Waals surface area contributed by atoms with E-state index in [-0.39, 0.29) is 44.7 Å². The average Bonchev–Trinajstić information content (AvgIpc) is 2.76. The first-order chi connectivity index (χ1) is 15.6. The molecule has 3 aromatic rings. The second-order valence-electron chi connectivity index (χ2n) is 6.98. The number of sulfone groups is 1. The van der Waals surface area contributed by atoms with Gasteiger partial charge in [-0.25, -0.2) is 12.8 Å². The number of nitrogens with one attached hydrogen (secondary N) is 1. The molecule has 3 rings (SSSR count). The third-order valence-corrected chi connectivity index (χ3v) is 5.82. The summed E-state index contributed by atoms with van der Waals surface area (Å²) in [7, 11) is -3.58. The van der Waals surface area contributed by atoms with Crippen molar-refractivity contribution < 1.29 is 22.3 Å². The molecule has 0 aliphatic carbocycles. The molecule has 0 atom stereocenters. The summed E-state index contributed by atoms with van der Waals surface area (Å²) >= 11 is 6.18. The molecule has 3 aromatic carbocycles. The first-order valence-electron chi connectivity index (χ1n) is 9.30. The van der Waals surface area contributed by atoms with E-state index in [9.17, 15) is 17.6 Å². The zero-order valence-corrected chi connectivity index (χ0v) is 18.7. The highest BCUT2D eigenvalue weighted by atomic mass is 35.5. The monoisotopic (exact) mass is 483 g/mol. The van der Waals surface area contributed by atoms with Gasteiger partial charge in [0.25, 0.3) is 0 Å². The van der Waals surface area contributed by atoms with Crippen LogP contribution >= 0.6 is 11.6 Å². The minimum absolute atomic E-state index is 0.127. The second-order valence-corrected chi connectivity index (χ2v) is 9.40.